The molecule has 1 atom stereocenters. The van der Waals surface area contributed by atoms with E-state index in [1.54, 1.807) is 22.9 Å². The Morgan fingerprint density at radius 1 is 1.28 bits per heavy atom. The molecule has 132 valence electrons. The number of hydrogen-bond donors (Lipinski definition) is 1. The summed E-state index contributed by atoms with van der Waals surface area (Å²) in [6.45, 7) is 5.33. The van der Waals surface area contributed by atoms with Gasteiger partial charge in [0, 0.05) is 17.4 Å². The standard InChI is InChI=1S/C17H19N3O5/c1-10-6-11(2)20(19-10)8-16(21)25-12(3)17(22)18-13-4-5-14-15(7-13)24-9-23-14/h4-7,12H,8-9H2,1-3H3,(H,18,22)/t12-/m1/s1. The quantitative estimate of drug-likeness (QED) is 0.831. The predicted octanol–water partition coefficient (Wildman–Crippen LogP) is 1.80. The van der Waals surface area contributed by atoms with E-state index in [4.69, 9.17) is 14.2 Å². The lowest BCUT2D eigenvalue weighted by Crippen LogP contribution is -2.31. The lowest BCUT2D eigenvalue weighted by molar-refractivity contribution is -0.154. The molecule has 0 spiro atoms. The second-order valence-electron chi connectivity index (χ2n) is 5.77. The Kier molecular flexibility index (Phi) is 4.60. The number of fused-ring (bicyclic) bond motifs is 1. The van der Waals surface area contributed by atoms with E-state index in [2.05, 4.69) is 10.4 Å². The van der Waals surface area contributed by atoms with Crippen LogP contribution in [0.4, 0.5) is 5.69 Å². The Bertz CT molecular complexity index is 815. The second-order valence-corrected chi connectivity index (χ2v) is 5.77. The average Bonchev–Trinajstić information content (AvgIpc) is 3.13. The molecule has 8 nitrogen and oxygen atoms in total. The number of carbonyl (C=O) groups excluding carboxylic acids is 2. The third-order valence-corrected chi connectivity index (χ3v) is 3.70. The van der Waals surface area contributed by atoms with Gasteiger partial charge in [-0.3, -0.25) is 14.3 Å². The van der Waals surface area contributed by atoms with E-state index < -0.39 is 18.0 Å². The zero-order valence-corrected chi connectivity index (χ0v) is 14.2. The van der Waals surface area contributed by atoms with E-state index in [9.17, 15) is 9.59 Å². The minimum absolute atomic E-state index is 0.0404. The van der Waals surface area contributed by atoms with E-state index in [1.807, 2.05) is 19.9 Å². The molecule has 1 aromatic carbocycles. The molecule has 2 aromatic rings. The van der Waals surface area contributed by atoms with E-state index in [-0.39, 0.29) is 13.3 Å². The Morgan fingerprint density at radius 3 is 2.76 bits per heavy atom. The van der Waals surface area contributed by atoms with Crippen LogP contribution in [0.5, 0.6) is 11.5 Å². The van der Waals surface area contributed by atoms with Gasteiger partial charge >= 0.3 is 5.97 Å². The first-order valence-corrected chi connectivity index (χ1v) is 7.83. The Morgan fingerprint density at radius 2 is 2.04 bits per heavy atom. The van der Waals surface area contributed by atoms with Gasteiger partial charge in [-0.25, -0.2) is 0 Å². The largest absolute Gasteiger partial charge is 0.454 e. The molecule has 25 heavy (non-hydrogen) atoms. The molecule has 0 bridgehead atoms. The second kappa shape index (κ2) is 6.84. The summed E-state index contributed by atoms with van der Waals surface area (Å²) >= 11 is 0. The third-order valence-electron chi connectivity index (χ3n) is 3.70. The molecule has 0 unspecified atom stereocenters. The summed E-state index contributed by atoms with van der Waals surface area (Å²) in [5.74, 6) is 0.231. The topological polar surface area (TPSA) is 91.7 Å². The van der Waals surface area contributed by atoms with Gasteiger partial charge in [-0.15, -0.1) is 0 Å². The smallest absolute Gasteiger partial charge is 0.328 e. The number of benzene rings is 1. The van der Waals surface area contributed by atoms with Crippen LogP contribution in [0, 0.1) is 13.8 Å². The van der Waals surface area contributed by atoms with Gasteiger partial charge in [-0.05, 0) is 39.0 Å². The number of anilines is 1. The fourth-order valence-electron chi connectivity index (χ4n) is 2.46. The summed E-state index contributed by atoms with van der Waals surface area (Å²) < 4.78 is 17.2. The summed E-state index contributed by atoms with van der Waals surface area (Å²) in [4.78, 5) is 24.2. The SMILES string of the molecule is Cc1cc(C)n(CC(=O)O[C@H](C)C(=O)Nc2ccc3c(c2)OCO3)n1. The van der Waals surface area contributed by atoms with Gasteiger partial charge in [-0.2, -0.15) is 5.10 Å². The molecule has 1 N–H and O–H groups in total. The van der Waals surface area contributed by atoms with Crippen LogP contribution in [0.3, 0.4) is 0 Å². The maximum atomic E-state index is 12.2. The number of nitrogens with zero attached hydrogens (tertiary/aromatic N) is 2. The maximum Gasteiger partial charge on any atom is 0.328 e. The molecule has 3 rings (SSSR count). The number of carbonyl (C=O) groups is 2. The lowest BCUT2D eigenvalue weighted by atomic mass is 10.2. The Hall–Kier alpha value is -3.03. The Balaban J connectivity index is 1.55. The molecule has 1 aromatic heterocycles. The minimum atomic E-state index is -0.935. The van der Waals surface area contributed by atoms with Crippen LogP contribution in [0.15, 0.2) is 24.3 Å². The van der Waals surface area contributed by atoms with Gasteiger partial charge in [0.25, 0.3) is 5.91 Å². The maximum absolute atomic E-state index is 12.2. The predicted molar refractivity (Wildman–Crippen MR) is 88.4 cm³/mol. The number of nitrogens with one attached hydrogen (secondary N) is 1. The zero-order valence-electron chi connectivity index (χ0n) is 14.2. The van der Waals surface area contributed by atoms with Gasteiger partial charge in [0.2, 0.25) is 6.79 Å². The number of aromatic nitrogens is 2. The molecule has 0 radical (unpaired) electrons. The monoisotopic (exact) mass is 345 g/mol. The summed E-state index contributed by atoms with van der Waals surface area (Å²) in [7, 11) is 0. The molecule has 0 saturated heterocycles. The normalized spacial score (nSPS) is 13.4. The van der Waals surface area contributed by atoms with Crippen LogP contribution < -0.4 is 14.8 Å². The van der Waals surface area contributed by atoms with Crippen LogP contribution in [0.25, 0.3) is 0 Å². The van der Waals surface area contributed by atoms with Crippen molar-refractivity contribution in [3.05, 3.63) is 35.7 Å². The van der Waals surface area contributed by atoms with Crippen molar-refractivity contribution < 1.29 is 23.8 Å². The highest BCUT2D eigenvalue weighted by atomic mass is 16.7. The van der Waals surface area contributed by atoms with Gasteiger partial charge in [-0.1, -0.05) is 0 Å². The molecule has 0 aliphatic carbocycles. The van der Waals surface area contributed by atoms with Gasteiger partial charge in [0.05, 0.1) is 5.69 Å². The van der Waals surface area contributed by atoms with Crippen molar-refractivity contribution in [2.24, 2.45) is 0 Å². The highest BCUT2D eigenvalue weighted by Crippen LogP contribution is 2.34. The van der Waals surface area contributed by atoms with Crippen molar-refractivity contribution in [2.45, 2.75) is 33.4 Å². The summed E-state index contributed by atoms with van der Waals surface area (Å²) in [6.07, 6.45) is -0.935. The highest BCUT2D eigenvalue weighted by molar-refractivity contribution is 5.95. The number of ether oxygens (including phenoxy) is 3. The zero-order chi connectivity index (χ0) is 18.0. The third kappa shape index (κ3) is 3.90. The molecule has 8 heteroatoms. The van der Waals surface area contributed by atoms with Gasteiger partial charge in [0.1, 0.15) is 6.54 Å². The summed E-state index contributed by atoms with van der Waals surface area (Å²) in [6, 6.07) is 6.92. The molecule has 0 saturated carbocycles. The minimum Gasteiger partial charge on any atom is -0.454 e. The van der Waals surface area contributed by atoms with E-state index in [1.165, 1.54) is 6.92 Å². The summed E-state index contributed by atoms with van der Waals surface area (Å²) in [5, 5.41) is 6.87. The molecule has 0 fully saturated rings. The number of aryl methyl sites for hydroxylation is 2. The van der Waals surface area contributed by atoms with E-state index in [0.717, 1.165) is 11.4 Å². The molecule has 2 heterocycles. The van der Waals surface area contributed by atoms with Crippen molar-refractivity contribution >= 4 is 17.6 Å². The lowest BCUT2D eigenvalue weighted by Gasteiger charge is -2.14. The fourth-order valence-corrected chi connectivity index (χ4v) is 2.46. The number of esters is 1. The summed E-state index contributed by atoms with van der Waals surface area (Å²) in [5.41, 5.74) is 2.21. The van der Waals surface area contributed by atoms with Crippen molar-refractivity contribution in [3.8, 4) is 11.5 Å². The van der Waals surface area contributed by atoms with Gasteiger partial charge in [0.15, 0.2) is 17.6 Å². The number of hydrogen-bond acceptors (Lipinski definition) is 6. The number of rotatable bonds is 5. The van der Waals surface area contributed by atoms with Crippen LogP contribution in [0.1, 0.15) is 18.3 Å². The van der Waals surface area contributed by atoms with Crippen LogP contribution in [0.2, 0.25) is 0 Å². The molecular formula is C17H19N3O5. The first kappa shape index (κ1) is 16.8. The molecule has 1 aliphatic heterocycles. The van der Waals surface area contributed by atoms with E-state index >= 15 is 0 Å². The average molecular weight is 345 g/mol. The van der Waals surface area contributed by atoms with Crippen molar-refractivity contribution in [3.63, 3.8) is 0 Å². The highest BCUT2D eigenvalue weighted by Gasteiger charge is 2.20. The fraction of sp³-hybridized carbons (Fsp3) is 0.353. The first-order valence-electron chi connectivity index (χ1n) is 7.83. The number of amides is 1. The Labute approximate surface area is 144 Å². The van der Waals surface area contributed by atoms with Crippen LogP contribution in [-0.4, -0.2) is 34.6 Å². The molecular weight excluding hydrogens is 326 g/mol. The van der Waals surface area contributed by atoms with Crippen molar-refractivity contribution in [1.82, 2.24) is 9.78 Å². The van der Waals surface area contributed by atoms with Crippen LogP contribution in [-0.2, 0) is 20.9 Å². The molecule has 1 aliphatic rings. The van der Waals surface area contributed by atoms with Crippen molar-refractivity contribution in [2.75, 3.05) is 12.1 Å². The first-order chi connectivity index (χ1) is 11.9. The molecule has 1 amide bonds. The van der Waals surface area contributed by atoms with E-state index in [0.29, 0.717) is 17.2 Å². The van der Waals surface area contributed by atoms with Crippen molar-refractivity contribution in [1.29, 1.82) is 0 Å². The van der Waals surface area contributed by atoms with Crippen LogP contribution >= 0.6 is 0 Å². The van der Waals surface area contributed by atoms with Gasteiger partial charge < -0.3 is 19.5 Å².